The van der Waals surface area contributed by atoms with Crippen LogP contribution in [0.1, 0.15) is 52.5 Å². The molecule has 5 rings (SSSR count). The van der Waals surface area contributed by atoms with Gasteiger partial charge in [0.15, 0.2) is 5.78 Å². The van der Waals surface area contributed by atoms with Gasteiger partial charge in [-0.1, -0.05) is 48.9 Å². The quantitative estimate of drug-likeness (QED) is 0.386. The van der Waals surface area contributed by atoms with Gasteiger partial charge < -0.3 is 20.1 Å². The van der Waals surface area contributed by atoms with Crippen LogP contribution in [-0.4, -0.2) is 52.9 Å². The summed E-state index contributed by atoms with van der Waals surface area (Å²) in [6.07, 6.45) is 7.23. The van der Waals surface area contributed by atoms with E-state index in [0.717, 1.165) is 27.6 Å². The first kappa shape index (κ1) is 28.2. The number of carbonyl (C=O) groups excluding carboxylic acids is 3. The molecular weight excluding hydrogens is 504 g/mol. The van der Waals surface area contributed by atoms with Gasteiger partial charge in [0.05, 0.1) is 6.10 Å². The Balaban J connectivity index is 1.63. The predicted molar refractivity (Wildman–Crippen MR) is 154 cm³/mol. The Bertz CT molecular complexity index is 1430. The molecule has 2 aliphatic carbocycles. The SMILES string of the molecule is CO[C@@H]1C(C)=C(C)[C@H]2[C@H](Cc3c[nH]c4ccccc34)NC(=O)[C@]23C(=O)CC[C@H](O)C(=O)/C(C)=C/[C@@H](C)C/C=C/[C@@H]13. The van der Waals surface area contributed by atoms with Crippen LogP contribution in [0.5, 0.6) is 0 Å². The minimum absolute atomic E-state index is 0.0259. The van der Waals surface area contributed by atoms with Gasteiger partial charge in [-0.15, -0.1) is 0 Å². The van der Waals surface area contributed by atoms with Gasteiger partial charge in [-0.05, 0) is 68.7 Å². The largest absolute Gasteiger partial charge is 0.385 e. The van der Waals surface area contributed by atoms with Crippen LogP contribution < -0.4 is 5.32 Å². The molecule has 1 spiro atoms. The van der Waals surface area contributed by atoms with Crippen molar-refractivity contribution in [3.8, 4) is 0 Å². The van der Waals surface area contributed by atoms with Crippen LogP contribution >= 0.6 is 0 Å². The number of nitrogens with one attached hydrogen (secondary N) is 2. The highest BCUT2D eigenvalue weighted by Crippen LogP contribution is 2.56. The summed E-state index contributed by atoms with van der Waals surface area (Å²) in [5.74, 6) is -1.78. The zero-order chi connectivity index (χ0) is 28.8. The number of aromatic nitrogens is 1. The fourth-order valence-electron chi connectivity index (χ4n) is 7.46. The van der Waals surface area contributed by atoms with Crippen molar-refractivity contribution in [3.63, 3.8) is 0 Å². The van der Waals surface area contributed by atoms with E-state index in [1.165, 1.54) is 0 Å². The maximum absolute atomic E-state index is 14.4. The smallest absolute Gasteiger partial charge is 0.235 e. The van der Waals surface area contributed by atoms with Gasteiger partial charge in [0.1, 0.15) is 17.3 Å². The second-order valence-electron chi connectivity index (χ2n) is 11.9. The van der Waals surface area contributed by atoms with E-state index >= 15 is 0 Å². The molecule has 3 N–H and O–H groups in total. The zero-order valence-corrected chi connectivity index (χ0v) is 24.0. The molecular formula is C33H40N2O5. The van der Waals surface area contributed by atoms with Gasteiger partial charge in [0, 0.05) is 48.5 Å². The molecule has 1 aromatic carbocycles. The molecule has 7 heteroatoms. The van der Waals surface area contributed by atoms with Crippen molar-refractivity contribution in [1.82, 2.24) is 10.3 Å². The Kier molecular flexibility index (Phi) is 7.73. The molecule has 1 saturated heterocycles. The van der Waals surface area contributed by atoms with Crippen molar-refractivity contribution in [2.45, 2.75) is 71.6 Å². The molecule has 1 aliphatic heterocycles. The Morgan fingerprint density at radius 3 is 2.60 bits per heavy atom. The van der Waals surface area contributed by atoms with Crippen LogP contribution in [-0.2, 0) is 25.5 Å². The summed E-state index contributed by atoms with van der Waals surface area (Å²) in [6, 6.07) is 7.77. The Morgan fingerprint density at radius 1 is 1.10 bits per heavy atom. The second kappa shape index (κ2) is 10.9. The third kappa shape index (κ3) is 4.49. The lowest BCUT2D eigenvalue weighted by atomic mass is 9.54. The number of ether oxygens (including phenoxy) is 1. The lowest BCUT2D eigenvalue weighted by Crippen LogP contribution is -2.56. The number of hydrogen-bond acceptors (Lipinski definition) is 5. The predicted octanol–water partition coefficient (Wildman–Crippen LogP) is 4.61. The molecule has 7 nitrogen and oxygen atoms in total. The van der Waals surface area contributed by atoms with E-state index in [2.05, 4.69) is 16.4 Å². The highest BCUT2D eigenvalue weighted by atomic mass is 16.5. The minimum atomic E-state index is -1.40. The van der Waals surface area contributed by atoms with Crippen LogP contribution in [0.15, 0.2) is 65.4 Å². The lowest BCUT2D eigenvalue weighted by Gasteiger charge is -2.47. The Hall–Kier alpha value is -3.29. The van der Waals surface area contributed by atoms with Crippen molar-refractivity contribution in [2.24, 2.45) is 23.2 Å². The average Bonchev–Trinajstić information content (AvgIpc) is 3.47. The van der Waals surface area contributed by atoms with Crippen molar-refractivity contribution >= 4 is 28.4 Å². The number of aliphatic hydroxyl groups is 1. The molecule has 0 radical (unpaired) electrons. The van der Waals surface area contributed by atoms with Crippen molar-refractivity contribution in [1.29, 1.82) is 0 Å². The molecule has 40 heavy (non-hydrogen) atoms. The highest BCUT2D eigenvalue weighted by Gasteiger charge is 2.66. The first-order valence-electron chi connectivity index (χ1n) is 14.3. The lowest BCUT2D eigenvalue weighted by molar-refractivity contribution is -0.148. The number of benzene rings is 1. The van der Waals surface area contributed by atoms with Crippen LogP contribution in [0, 0.1) is 23.2 Å². The number of carbonyl (C=O) groups is 3. The Labute approximate surface area is 235 Å². The maximum atomic E-state index is 14.4. The van der Waals surface area contributed by atoms with E-state index < -0.39 is 29.5 Å². The number of allylic oxidation sites excluding steroid dienone is 2. The monoisotopic (exact) mass is 544 g/mol. The summed E-state index contributed by atoms with van der Waals surface area (Å²) in [5.41, 5.74) is 3.22. The number of rotatable bonds is 3. The van der Waals surface area contributed by atoms with Crippen LogP contribution in [0.2, 0.25) is 0 Å². The maximum Gasteiger partial charge on any atom is 0.235 e. The van der Waals surface area contributed by atoms with E-state index in [1.807, 2.05) is 63.4 Å². The molecule has 3 aliphatic rings. The highest BCUT2D eigenvalue weighted by molar-refractivity contribution is 6.10. The van der Waals surface area contributed by atoms with E-state index in [1.54, 1.807) is 14.0 Å². The van der Waals surface area contributed by atoms with Crippen molar-refractivity contribution < 1.29 is 24.2 Å². The average molecular weight is 545 g/mol. The number of Topliss-reactive ketones (excluding diaryl/α,β-unsaturated/α-hetero) is 2. The van der Waals surface area contributed by atoms with E-state index in [-0.39, 0.29) is 42.3 Å². The number of fused-ring (bicyclic) bond motifs is 1. The number of para-hydroxylation sites is 1. The minimum Gasteiger partial charge on any atom is -0.385 e. The summed E-state index contributed by atoms with van der Waals surface area (Å²) in [7, 11) is 1.63. The summed E-state index contributed by atoms with van der Waals surface area (Å²) in [6.45, 7) is 7.77. The molecule has 212 valence electrons. The van der Waals surface area contributed by atoms with Gasteiger partial charge in [-0.3, -0.25) is 14.4 Å². The number of H-pyrrole nitrogens is 1. The molecule has 2 heterocycles. The van der Waals surface area contributed by atoms with Gasteiger partial charge >= 0.3 is 0 Å². The van der Waals surface area contributed by atoms with Crippen LogP contribution in [0.25, 0.3) is 10.9 Å². The number of amides is 1. The van der Waals surface area contributed by atoms with Crippen molar-refractivity contribution in [3.05, 3.63) is 71.0 Å². The molecule has 0 unspecified atom stereocenters. The molecule has 2 aromatic rings. The number of aliphatic hydroxyl groups excluding tert-OH is 1. The van der Waals surface area contributed by atoms with Crippen LogP contribution in [0.3, 0.4) is 0 Å². The van der Waals surface area contributed by atoms with Gasteiger partial charge in [-0.2, -0.15) is 0 Å². The molecule has 1 aromatic heterocycles. The molecule has 1 fully saturated rings. The van der Waals surface area contributed by atoms with Crippen LogP contribution in [0.4, 0.5) is 0 Å². The first-order chi connectivity index (χ1) is 19.1. The van der Waals surface area contributed by atoms with Gasteiger partial charge in [0.25, 0.3) is 0 Å². The fraction of sp³-hybridized carbons (Fsp3) is 0.485. The third-order valence-corrected chi connectivity index (χ3v) is 9.50. The van der Waals surface area contributed by atoms with E-state index in [0.29, 0.717) is 18.4 Å². The Morgan fingerprint density at radius 2 is 1.85 bits per heavy atom. The number of hydrogen-bond donors (Lipinski definition) is 3. The summed E-state index contributed by atoms with van der Waals surface area (Å²) >= 11 is 0. The van der Waals surface area contributed by atoms with E-state index in [4.69, 9.17) is 4.74 Å². The number of ketones is 2. The standard InChI is InChI=1S/C33H40N2O5/c1-18-9-8-11-24-31(40-5)21(4)20(3)29-26(16-22-17-34-25-12-7-6-10-23(22)25)35-32(39)33(24,29)28(37)14-13-27(36)30(38)19(2)15-18/h6-8,10-12,15,17-18,24,26-27,29,31,34,36H,9,13-14,16H2,1-5H3,(H,35,39)/b11-8+,19-15+/t18-,24-,26-,27-,29-,31+,33+/m0/s1. The number of methoxy groups -OCH3 is 1. The zero-order valence-electron chi connectivity index (χ0n) is 24.0. The summed E-state index contributed by atoms with van der Waals surface area (Å²) < 4.78 is 6.01. The van der Waals surface area contributed by atoms with Gasteiger partial charge in [0.2, 0.25) is 5.91 Å². The number of aromatic amines is 1. The van der Waals surface area contributed by atoms with Gasteiger partial charge in [-0.25, -0.2) is 0 Å². The summed E-state index contributed by atoms with van der Waals surface area (Å²) in [5, 5.41) is 15.1. The second-order valence-corrected chi connectivity index (χ2v) is 11.9. The molecule has 1 amide bonds. The van der Waals surface area contributed by atoms with E-state index in [9.17, 15) is 19.5 Å². The molecule has 7 atom stereocenters. The first-order valence-corrected chi connectivity index (χ1v) is 14.3. The fourth-order valence-corrected chi connectivity index (χ4v) is 7.46. The normalized spacial score (nSPS) is 35.6. The topological polar surface area (TPSA) is 108 Å². The molecule has 0 bridgehead atoms. The summed E-state index contributed by atoms with van der Waals surface area (Å²) in [4.78, 5) is 44.8. The van der Waals surface area contributed by atoms with Crippen molar-refractivity contribution in [2.75, 3.05) is 7.11 Å². The third-order valence-electron chi connectivity index (χ3n) is 9.50. The molecule has 0 saturated carbocycles.